The molecule has 0 saturated heterocycles. The minimum Gasteiger partial charge on any atom is -0.496 e. The van der Waals surface area contributed by atoms with Gasteiger partial charge in [-0.2, -0.15) is 5.10 Å². The fourth-order valence-electron chi connectivity index (χ4n) is 2.69. The van der Waals surface area contributed by atoms with Gasteiger partial charge in [0.05, 0.1) is 30.6 Å². The van der Waals surface area contributed by atoms with Crippen LogP contribution in [0, 0.1) is 5.41 Å². The van der Waals surface area contributed by atoms with Crippen molar-refractivity contribution >= 4 is 23.4 Å². The van der Waals surface area contributed by atoms with Crippen molar-refractivity contribution in [3.8, 4) is 11.5 Å². The molecule has 0 aliphatic rings. The summed E-state index contributed by atoms with van der Waals surface area (Å²) in [6, 6.07) is 7.67. The van der Waals surface area contributed by atoms with E-state index < -0.39 is 11.9 Å². The number of aliphatic carboxylic acids is 1. The Morgan fingerprint density at radius 3 is 2.68 bits per heavy atom. The second kappa shape index (κ2) is 7.74. The Labute approximate surface area is 159 Å². The summed E-state index contributed by atoms with van der Waals surface area (Å²) in [7, 11) is 1.45. The number of pyridine rings is 1. The number of esters is 1. The first-order chi connectivity index (χ1) is 13.4. The number of carbonyl (C=O) groups excluding carboxylic acids is 1. The van der Waals surface area contributed by atoms with Gasteiger partial charge in [-0.3, -0.25) is 10.2 Å². The molecule has 4 N–H and O–H groups in total. The Balaban J connectivity index is 1.88. The number of nitrogens with one attached hydrogen (secondary N) is 1. The third kappa shape index (κ3) is 3.90. The summed E-state index contributed by atoms with van der Waals surface area (Å²) < 4.78 is 12.0. The molecule has 10 heteroatoms. The SMILES string of the molecule is COc1cc(C(=O)Oc2ccc(CC(=O)O)n3ncnc23)ccc1CC(=N)N. The maximum atomic E-state index is 12.5. The smallest absolute Gasteiger partial charge is 0.343 e. The molecule has 0 atom stereocenters. The number of hydrogen-bond donors (Lipinski definition) is 3. The maximum Gasteiger partial charge on any atom is 0.343 e. The number of hydrogen-bond acceptors (Lipinski definition) is 7. The molecule has 0 spiro atoms. The van der Waals surface area contributed by atoms with E-state index in [0.717, 1.165) is 0 Å². The van der Waals surface area contributed by atoms with Crippen molar-refractivity contribution in [3.05, 3.63) is 53.5 Å². The molecule has 3 rings (SSSR count). The van der Waals surface area contributed by atoms with Crippen LogP contribution in [0.4, 0.5) is 0 Å². The molecular weight excluding hydrogens is 366 g/mol. The van der Waals surface area contributed by atoms with Gasteiger partial charge in [0, 0.05) is 12.0 Å². The summed E-state index contributed by atoms with van der Waals surface area (Å²) in [6.07, 6.45) is 1.20. The molecule has 144 valence electrons. The van der Waals surface area contributed by atoms with E-state index in [1.807, 2.05) is 0 Å². The van der Waals surface area contributed by atoms with Crippen molar-refractivity contribution in [1.82, 2.24) is 14.6 Å². The van der Waals surface area contributed by atoms with Gasteiger partial charge in [-0.05, 0) is 24.3 Å². The number of benzene rings is 1. The number of nitrogens with two attached hydrogens (primary N) is 1. The van der Waals surface area contributed by atoms with Gasteiger partial charge >= 0.3 is 11.9 Å². The summed E-state index contributed by atoms with van der Waals surface area (Å²) in [5, 5.41) is 20.3. The number of methoxy groups -OCH3 is 1. The molecular formula is C18H17N5O5. The van der Waals surface area contributed by atoms with Gasteiger partial charge in [0.15, 0.2) is 11.4 Å². The van der Waals surface area contributed by atoms with E-state index in [1.165, 1.54) is 36.2 Å². The maximum absolute atomic E-state index is 12.5. The number of nitrogens with zero attached hydrogens (tertiary/aromatic N) is 3. The zero-order chi connectivity index (χ0) is 20.3. The van der Waals surface area contributed by atoms with Crippen molar-refractivity contribution in [3.63, 3.8) is 0 Å². The quantitative estimate of drug-likeness (QED) is 0.311. The first-order valence-corrected chi connectivity index (χ1v) is 8.14. The molecule has 0 saturated carbocycles. The Bertz CT molecular complexity index is 1080. The second-order valence-electron chi connectivity index (χ2n) is 5.87. The van der Waals surface area contributed by atoms with E-state index in [0.29, 0.717) is 17.0 Å². The van der Waals surface area contributed by atoms with E-state index >= 15 is 0 Å². The fourth-order valence-corrected chi connectivity index (χ4v) is 2.69. The molecule has 2 aromatic heterocycles. The zero-order valence-electron chi connectivity index (χ0n) is 14.9. The first-order valence-electron chi connectivity index (χ1n) is 8.14. The Kier molecular flexibility index (Phi) is 5.21. The monoisotopic (exact) mass is 383 g/mol. The lowest BCUT2D eigenvalue weighted by molar-refractivity contribution is -0.136. The summed E-state index contributed by atoms with van der Waals surface area (Å²) >= 11 is 0. The molecule has 1 aromatic carbocycles. The normalized spacial score (nSPS) is 10.6. The molecule has 3 aromatic rings. The number of carbonyl (C=O) groups is 2. The average Bonchev–Trinajstić information content (AvgIpc) is 3.13. The van der Waals surface area contributed by atoms with E-state index in [4.69, 9.17) is 25.7 Å². The molecule has 2 heterocycles. The molecule has 28 heavy (non-hydrogen) atoms. The van der Waals surface area contributed by atoms with E-state index in [-0.39, 0.29) is 35.6 Å². The summed E-state index contributed by atoms with van der Waals surface area (Å²) in [5.41, 5.74) is 6.95. The Hall–Kier alpha value is -3.95. The van der Waals surface area contributed by atoms with Gasteiger partial charge in [0.1, 0.15) is 12.1 Å². The van der Waals surface area contributed by atoms with Gasteiger partial charge in [0.2, 0.25) is 0 Å². The van der Waals surface area contributed by atoms with Gasteiger partial charge in [-0.15, -0.1) is 0 Å². The van der Waals surface area contributed by atoms with Gasteiger partial charge in [-0.25, -0.2) is 14.3 Å². The lowest BCUT2D eigenvalue weighted by atomic mass is 10.1. The van der Waals surface area contributed by atoms with Crippen LogP contribution >= 0.6 is 0 Å². The highest BCUT2D eigenvalue weighted by Gasteiger charge is 2.17. The van der Waals surface area contributed by atoms with E-state index in [1.54, 1.807) is 12.1 Å². The highest BCUT2D eigenvalue weighted by molar-refractivity contribution is 5.92. The third-order valence-corrected chi connectivity index (χ3v) is 3.91. The second-order valence-corrected chi connectivity index (χ2v) is 5.87. The number of rotatable bonds is 7. The van der Waals surface area contributed by atoms with E-state index in [2.05, 4.69) is 10.1 Å². The lowest BCUT2D eigenvalue weighted by Gasteiger charge is -2.11. The standard InChI is InChI=1S/C18H17N5O5/c1-27-14-6-11(3-2-10(14)7-15(19)20)18(26)28-13-5-4-12(8-16(24)25)23-17(13)21-9-22-23/h2-6,9H,7-8H2,1H3,(H3,19,20)(H,24,25). The van der Waals surface area contributed by atoms with Gasteiger partial charge in [0.25, 0.3) is 0 Å². The van der Waals surface area contributed by atoms with Crippen molar-refractivity contribution in [2.24, 2.45) is 5.73 Å². The molecule has 0 amide bonds. The molecule has 0 unspecified atom stereocenters. The molecule has 0 radical (unpaired) electrons. The average molecular weight is 383 g/mol. The van der Waals surface area contributed by atoms with Crippen LogP contribution < -0.4 is 15.2 Å². The van der Waals surface area contributed by atoms with Gasteiger partial charge in [-0.1, -0.05) is 6.07 Å². The zero-order valence-corrected chi connectivity index (χ0v) is 14.9. The minimum absolute atomic E-state index is 0.0238. The number of fused-ring (bicyclic) bond motifs is 1. The van der Waals surface area contributed by atoms with Crippen LogP contribution in [0.3, 0.4) is 0 Å². The highest BCUT2D eigenvalue weighted by Crippen LogP contribution is 2.24. The van der Waals surface area contributed by atoms with Crippen LogP contribution in [0.1, 0.15) is 21.6 Å². The number of carboxylic acids is 1. The minimum atomic E-state index is -1.01. The molecule has 0 bridgehead atoms. The predicted molar refractivity (Wildman–Crippen MR) is 97.9 cm³/mol. The molecule has 0 fully saturated rings. The molecule has 10 nitrogen and oxygen atoms in total. The molecule has 0 aliphatic carbocycles. The van der Waals surface area contributed by atoms with Crippen LogP contribution in [0.25, 0.3) is 5.65 Å². The van der Waals surface area contributed by atoms with Crippen molar-refractivity contribution in [1.29, 1.82) is 5.41 Å². The predicted octanol–water partition coefficient (Wildman–Crippen LogP) is 1.06. The van der Waals surface area contributed by atoms with Crippen molar-refractivity contribution in [2.75, 3.05) is 7.11 Å². The molecule has 0 aliphatic heterocycles. The number of ether oxygens (including phenoxy) is 2. The lowest BCUT2D eigenvalue weighted by Crippen LogP contribution is -2.14. The summed E-state index contributed by atoms with van der Waals surface area (Å²) in [5.74, 6) is -1.13. The third-order valence-electron chi connectivity index (χ3n) is 3.91. The fraction of sp³-hybridized carbons (Fsp3) is 0.167. The van der Waals surface area contributed by atoms with Crippen LogP contribution in [-0.4, -0.2) is 44.6 Å². The van der Waals surface area contributed by atoms with Gasteiger partial charge < -0.3 is 20.3 Å². The number of carboxylic acid groups (broad SMARTS) is 1. The number of amidine groups is 1. The van der Waals surface area contributed by atoms with Crippen molar-refractivity contribution in [2.45, 2.75) is 12.8 Å². The first kappa shape index (κ1) is 18.8. The Morgan fingerprint density at radius 2 is 2.00 bits per heavy atom. The largest absolute Gasteiger partial charge is 0.496 e. The Morgan fingerprint density at radius 1 is 1.21 bits per heavy atom. The van der Waals surface area contributed by atoms with Crippen LogP contribution in [0.15, 0.2) is 36.7 Å². The topological polar surface area (TPSA) is 153 Å². The van der Waals surface area contributed by atoms with Crippen LogP contribution in [0.5, 0.6) is 11.5 Å². The summed E-state index contributed by atoms with van der Waals surface area (Å²) in [4.78, 5) is 27.5. The summed E-state index contributed by atoms with van der Waals surface area (Å²) in [6.45, 7) is 0. The van der Waals surface area contributed by atoms with Crippen LogP contribution in [-0.2, 0) is 17.6 Å². The van der Waals surface area contributed by atoms with E-state index in [9.17, 15) is 9.59 Å². The number of aromatic nitrogens is 3. The highest BCUT2D eigenvalue weighted by atomic mass is 16.5. The van der Waals surface area contributed by atoms with Crippen LogP contribution in [0.2, 0.25) is 0 Å². The van der Waals surface area contributed by atoms with Crippen molar-refractivity contribution < 1.29 is 24.2 Å².